The average molecular weight is 580 g/mol. The van der Waals surface area contributed by atoms with Crippen LogP contribution in [0.2, 0.25) is 0 Å². The zero-order chi connectivity index (χ0) is 25.8. The molecule has 0 radical (unpaired) electrons. The van der Waals surface area contributed by atoms with Gasteiger partial charge in [0.05, 0.1) is 0 Å². The molecule has 0 aliphatic heterocycles. The number of benzene rings is 6. The number of hydrogen-bond donors (Lipinski definition) is 0. The van der Waals surface area contributed by atoms with E-state index in [2.05, 4.69) is 182 Å². The predicted molar refractivity (Wildman–Crippen MR) is 170 cm³/mol. The van der Waals surface area contributed by atoms with Gasteiger partial charge in [0.15, 0.2) is 0 Å². The molecule has 0 aliphatic carbocycles. The van der Waals surface area contributed by atoms with Gasteiger partial charge in [0.2, 0.25) is 0 Å². The fourth-order valence-corrected chi connectivity index (χ4v) is 8.97. The normalized spacial score (nSPS) is 10.3. The van der Waals surface area contributed by atoms with E-state index in [1.165, 1.54) is 31.8 Å². The van der Waals surface area contributed by atoms with Gasteiger partial charge in [-0.25, -0.2) is 0 Å². The van der Waals surface area contributed by atoms with Crippen molar-refractivity contribution in [3.05, 3.63) is 182 Å². The van der Waals surface area contributed by atoms with Crippen LogP contribution in [-0.2, 0) is 17.1 Å². The standard InChI is InChI=1S/2C18H15P.Fe/c2*1-4-10-16(11-5-1)19(17-12-6-2-7-13-17)18-14-8-3-9-15-18;/h2*1-15H;/q;;+2. The molecule has 0 saturated heterocycles. The maximum atomic E-state index is 2.23. The number of hydrogen-bond acceptors (Lipinski definition) is 0. The van der Waals surface area contributed by atoms with Crippen molar-refractivity contribution in [3.63, 3.8) is 0 Å². The fraction of sp³-hybridized carbons (Fsp3) is 0. The third-order valence-corrected chi connectivity index (χ3v) is 11.0. The summed E-state index contributed by atoms with van der Waals surface area (Å²) >= 11 is 0. The molecule has 0 aromatic heterocycles. The van der Waals surface area contributed by atoms with Gasteiger partial charge in [0.1, 0.15) is 0 Å². The van der Waals surface area contributed by atoms with E-state index < -0.39 is 15.8 Å². The van der Waals surface area contributed by atoms with Crippen molar-refractivity contribution in [3.8, 4) is 0 Å². The Bertz CT molecular complexity index is 1170. The molecule has 190 valence electrons. The van der Waals surface area contributed by atoms with Gasteiger partial charge in [0, 0.05) is 0 Å². The van der Waals surface area contributed by atoms with Crippen LogP contribution in [0.5, 0.6) is 0 Å². The third-order valence-electron chi connectivity index (χ3n) is 6.09. The van der Waals surface area contributed by atoms with E-state index in [1.807, 2.05) is 0 Å². The van der Waals surface area contributed by atoms with E-state index in [4.69, 9.17) is 0 Å². The Labute approximate surface area is 245 Å². The Morgan fingerprint density at radius 1 is 0.205 bits per heavy atom. The van der Waals surface area contributed by atoms with Gasteiger partial charge in [-0.3, -0.25) is 0 Å². The maximum absolute atomic E-state index is 2.23. The summed E-state index contributed by atoms with van der Waals surface area (Å²) in [7, 11) is -0.892. The van der Waals surface area contributed by atoms with E-state index in [0.717, 1.165) is 0 Å². The van der Waals surface area contributed by atoms with Gasteiger partial charge in [0.25, 0.3) is 0 Å². The van der Waals surface area contributed by atoms with E-state index in [1.54, 1.807) is 0 Å². The van der Waals surface area contributed by atoms with Gasteiger partial charge >= 0.3 is 17.1 Å². The summed E-state index contributed by atoms with van der Waals surface area (Å²) in [6.07, 6.45) is 0. The molecule has 0 N–H and O–H groups in total. The van der Waals surface area contributed by atoms with Crippen LogP contribution in [0.25, 0.3) is 0 Å². The molecule has 0 aliphatic rings. The van der Waals surface area contributed by atoms with E-state index in [-0.39, 0.29) is 17.1 Å². The summed E-state index contributed by atoms with van der Waals surface area (Å²) in [5.41, 5.74) is 0. The van der Waals surface area contributed by atoms with Crippen LogP contribution < -0.4 is 31.8 Å². The minimum atomic E-state index is -0.446. The Balaban J connectivity index is 0.000000176. The fourth-order valence-electron chi connectivity index (χ4n) is 4.36. The second-order valence-corrected chi connectivity index (χ2v) is 13.1. The van der Waals surface area contributed by atoms with Crippen LogP contribution in [0.4, 0.5) is 0 Å². The Hall–Kier alpha value is -3.30. The van der Waals surface area contributed by atoms with Crippen LogP contribution in [0, 0.1) is 0 Å². The molecule has 0 spiro atoms. The zero-order valence-corrected chi connectivity index (χ0v) is 24.5. The quantitative estimate of drug-likeness (QED) is 0.149. The van der Waals surface area contributed by atoms with Crippen molar-refractivity contribution in [1.29, 1.82) is 0 Å². The SMILES string of the molecule is [Fe+2].c1ccc(P(c2ccccc2)c2ccccc2)cc1.c1ccc(P(c2ccccc2)c2ccccc2)cc1. The van der Waals surface area contributed by atoms with Crippen molar-refractivity contribution in [2.75, 3.05) is 0 Å². The van der Waals surface area contributed by atoms with Crippen LogP contribution in [-0.4, -0.2) is 0 Å². The minimum Gasteiger partial charge on any atom is -0.0622 e. The molecule has 0 atom stereocenters. The van der Waals surface area contributed by atoms with Crippen LogP contribution in [0.3, 0.4) is 0 Å². The molecular formula is C36H30FeP2+2. The van der Waals surface area contributed by atoms with Gasteiger partial charge < -0.3 is 0 Å². The molecule has 0 amide bonds. The summed E-state index contributed by atoms with van der Waals surface area (Å²) in [5, 5.41) is 8.39. The van der Waals surface area contributed by atoms with Crippen LogP contribution >= 0.6 is 15.8 Å². The summed E-state index contributed by atoms with van der Waals surface area (Å²) < 4.78 is 0. The average Bonchev–Trinajstić information content (AvgIpc) is 3.01. The van der Waals surface area contributed by atoms with Crippen LogP contribution in [0.15, 0.2) is 182 Å². The maximum Gasteiger partial charge on any atom is 2.00 e. The molecule has 0 nitrogen and oxygen atoms in total. The Morgan fingerprint density at radius 2 is 0.333 bits per heavy atom. The smallest absolute Gasteiger partial charge is 0.0622 e. The molecule has 0 heterocycles. The van der Waals surface area contributed by atoms with Gasteiger partial charge in [-0.2, -0.15) is 0 Å². The zero-order valence-electron chi connectivity index (χ0n) is 21.6. The Kier molecular flexibility index (Phi) is 11.3. The largest absolute Gasteiger partial charge is 2.00 e. The Morgan fingerprint density at radius 3 is 0.462 bits per heavy atom. The first-order valence-electron chi connectivity index (χ1n) is 12.8. The van der Waals surface area contributed by atoms with Crippen molar-refractivity contribution in [2.45, 2.75) is 0 Å². The minimum absolute atomic E-state index is 0. The van der Waals surface area contributed by atoms with Crippen molar-refractivity contribution >= 4 is 47.7 Å². The first kappa shape index (κ1) is 28.7. The van der Waals surface area contributed by atoms with Gasteiger partial charge in [-0.1, -0.05) is 182 Å². The van der Waals surface area contributed by atoms with Crippen molar-refractivity contribution in [2.24, 2.45) is 0 Å². The van der Waals surface area contributed by atoms with E-state index in [0.29, 0.717) is 0 Å². The summed E-state index contributed by atoms with van der Waals surface area (Å²) in [6.45, 7) is 0. The molecule has 0 fully saturated rings. The third kappa shape index (κ3) is 7.86. The predicted octanol–water partition coefficient (Wildman–Crippen LogP) is 6.89. The van der Waals surface area contributed by atoms with Gasteiger partial charge in [-0.15, -0.1) is 0 Å². The van der Waals surface area contributed by atoms with Crippen molar-refractivity contribution < 1.29 is 17.1 Å². The van der Waals surface area contributed by atoms with Crippen molar-refractivity contribution in [1.82, 2.24) is 0 Å². The molecule has 0 saturated carbocycles. The topological polar surface area (TPSA) is 0 Å². The molecule has 6 aromatic carbocycles. The van der Waals surface area contributed by atoms with Crippen LogP contribution in [0.1, 0.15) is 0 Å². The molecule has 39 heavy (non-hydrogen) atoms. The van der Waals surface area contributed by atoms with Gasteiger partial charge in [-0.05, 0) is 47.7 Å². The molecular weight excluding hydrogens is 550 g/mol. The first-order chi connectivity index (χ1) is 18.9. The first-order valence-corrected chi connectivity index (χ1v) is 15.5. The molecule has 3 heteroatoms. The molecule has 0 unspecified atom stereocenters. The second kappa shape index (κ2) is 15.3. The second-order valence-electron chi connectivity index (χ2n) is 8.68. The van der Waals surface area contributed by atoms with E-state index in [9.17, 15) is 0 Å². The number of rotatable bonds is 6. The summed E-state index contributed by atoms with van der Waals surface area (Å²) in [4.78, 5) is 0. The summed E-state index contributed by atoms with van der Waals surface area (Å²) in [6, 6.07) is 64.7. The molecule has 0 bridgehead atoms. The monoisotopic (exact) mass is 580 g/mol. The van der Waals surface area contributed by atoms with E-state index >= 15 is 0 Å². The molecule has 6 aromatic rings. The molecule has 6 rings (SSSR count). The summed E-state index contributed by atoms with van der Waals surface area (Å²) in [5.74, 6) is 0.